The topological polar surface area (TPSA) is 71.1 Å². The maximum absolute atomic E-state index is 13.3. The van der Waals surface area contributed by atoms with Crippen LogP contribution in [0, 0.1) is 13.8 Å². The largest absolute Gasteiger partial charge is 0.378 e. The summed E-state index contributed by atoms with van der Waals surface area (Å²) in [6.45, 7) is 6.72. The second kappa shape index (κ2) is 10.0. The molecule has 1 saturated heterocycles. The second-order valence-electron chi connectivity index (χ2n) is 6.96. The van der Waals surface area contributed by atoms with Gasteiger partial charge in [-0.1, -0.05) is 29.8 Å². The van der Waals surface area contributed by atoms with Crippen molar-refractivity contribution in [3.8, 4) is 0 Å². The summed E-state index contributed by atoms with van der Waals surface area (Å²) < 4.78 is 10.0. The molecule has 3 rings (SSSR count). The number of carbonyl (C=O) groups excluding carboxylic acids is 2. The minimum Gasteiger partial charge on any atom is -0.378 e. The number of benzene rings is 2. The molecule has 0 saturated carbocycles. The minimum atomic E-state index is -0.318. The van der Waals surface area contributed by atoms with Crippen molar-refractivity contribution in [3.63, 3.8) is 0 Å². The second-order valence-corrected chi connectivity index (χ2v) is 7.40. The van der Waals surface area contributed by atoms with Crippen LogP contribution in [0.3, 0.4) is 0 Å². The van der Waals surface area contributed by atoms with Crippen LogP contribution in [0.2, 0.25) is 0 Å². The number of nitrogens with zero attached hydrogens (tertiary/aromatic N) is 2. The number of rotatable bonds is 5. The number of urea groups is 1. The van der Waals surface area contributed by atoms with Gasteiger partial charge in [-0.25, -0.2) is 13.4 Å². The van der Waals surface area contributed by atoms with Gasteiger partial charge in [-0.15, -0.1) is 0 Å². The SMILES string of the molecule is Cc1ccc(N(Cc2ccc(C(=O)NOI)cc2)C(=O)N2CCOCC2)c(C)c1. The Labute approximate surface area is 184 Å². The van der Waals surface area contributed by atoms with Crippen molar-refractivity contribution in [1.29, 1.82) is 0 Å². The van der Waals surface area contributed by atoms with Crippen LogP contribution in [0.25, 0.3) is 0 Å². The first-order chi connectivity index (χ1) is 14.0. The van der Waals surface area contributed by atoms with Gasteiger partial charge in [0.05, 0.1) is 19.8 Å². The van der Waals surface area contributed by atoms with Crippen molar-refractivity contribution in [2.75, 3.05) is 31.2 Å². The first-order valence-corrected chi connectivity index (χ1v) is 10.3. The lowest BCUT2D eigenvalue weighted by molar-refractivity contribution is 0.0548. The predicted molar refractivity (Wildman–Crippen MR) is 119 cm³/mol. The normalized spacial score (nSPS) is 13.8. The highest BCUT2D eigenvalue weighted by Crippen LogP contribution is 2.25. The summed E-state index contributed by atoms with van der Waals surface area (Å²) >= 11 is 1.60. The molecule has 29 heavy (non-hydrogen) atoms. The fourth-order valence-corrected chi connectivity index (χ4v) is 3.53. The average Bonchev–Trinajstić information content (AvgIpc) is 2.73. The van der Waals surface area contributed by atoms with Crippen LogP contribution in [-0.4, -0.2) is 43.1 Å². The molecule has 0 radical (unpaired) electrons. The van der Waals surface area contributed by atoms with Crippen LogP contribution in [0.1, 0.15) is 27.0 Å². The van der Waals surface area contributed by atoms with Crippen molar-refractivity contribution < 1.29 is 17.5 Å². The number of nitrogens with one attached hydrogen (secondary N) is 1. The van der Waals surface area contributed by atoms with Crippen molar-refractivity contribution in [2.45, 2.75) is 20.4 Å². The van der Waals surface area contributed by atoms with Crippen molar-refractivity contribution in [2.24, 2.45) is 0 Å². The third kappa shape index (κ3) is 5.46. The highest BCUT2D eigenvalue weighted by molar-refractivity contribution is 14.1. The third-order valence-corrected chi connectivity index (χ3v) is 5.06. The molecular formula is C21H24IN3O4. The van der Waals surface area contributed by atoms with Crippen LogP contribution in [0.15, 0.2) is 42.5 Å². The molecule has 1 aliphatic rings. The maximum atomic E-state index is 13.3. The number of anilines is 1. The molecule has 3 amide bonds. The van der Waals surface area contributed by atoms with Gasteiger partial charge in [-0.2, -0.15) is 0 Å². The Morgan fingerprint density at radius 2 is 1.83 bits per heavy atom. The van der Waals surface area contributed by atoms with Crippen molar-refractivity contribution in [3.05, 3.63) is 64.7 Å². The van der Waals surface area contributed by atoms with E-state index >= 15 is 0 Å². The Morgan fingerprint density at radius 3 is 2.45 bits per heavy atom. The number of morpholine rings is 1. The summed E-state index contributed by atoms with van der Waals surface area (Å²) in [4.78, 5) is 28.8. The van der Waals surface area contributed by atoms with Crippen LogP contribution in [-0.2, 0) is 14.4 Å². The van der Waals surface area contributed by atoms with Crippen molar-refractivity contribution in [1.82, 2.24) is 10.4 Å². The highest BCUT2D eigenvalue weighted by Gasteiger charge is 2.25. The highest BCUT2D eigenvalue weighted by atomic mass is 127. The molecule has 0 atom stereocenters. The quantitative estimate of drug-likeness (QED) is 0.492. The lowest BCUT2D eigenvalue weighted by atomic mass is 10.1. The van der Waals surface area contributed by atoms with Gasteiger partial charge in [-0.05, 0) is 43.2 Å². The van der Waals surface area contributed by atoms with E-state index in [-0.39, 0.29) is 11.9 Å². The van der Waals surface area contributed by atoms with Gasteiger partial charge in [0.15, 0.2) is 0 Å². The van der Waals surface area contributed by atoms with Gasteiger partial charge >= 0.3 is 6.03 Å². The number of ether oxygens (including phenoxy) is 1. The third-order valence-electron chi connectivity index (χ3n) is 4.84. The zero-order chi connectivity index (χ0) is 20.8. The van der Waals surface area contributed by atoms with E-state index in [4.69, 9.17) is 4.74 Å². The van der Waals surface area contributed by atoms with Crippen LogP contribution in [0.5, 0.6) is 0 Å². The smallest absolute Gasteiger partial charge is 0.324 e. The molecule has 1 aliphatic heterocycles. The fraction of sp³-hybridized carbons (Fsp3) is 0.333. The molecule has 1 fully saturated rings. The fourth-order valence-electron chi connectivity index (χ4n) is 3.33. The van der Waals surface area contributed by atoms with E-state index < -0.39 is 0 Å². The van der Waals surface area contributed by atoms with E-state index in [1.165, 1.54) is 0 Å². The molecule has 154 valence electrons. The predicted octanol–water partition coefficient (Wildman–Crippen LogP) is 3.77. The summed E-state index contributed by atoms with van der Waals surface area (Å²) in [6, 6.07) is 13.2. The molecule has 1 heterocycles. The van der Waals surface area contributed by atoms with Gasteiger partial charge in [-0.3, -0.25) is 9.69 Å². The first kappa shape index (κ1) is 21.5. The first-order valence-electron chi connectivity index (χ1n) is 9.38. The Hall–Kier alpha value is -2.17. The number of hydrogen-bond acceptors (Lipinski definition) is 4. The van der Waals surface area contributed by atoms with Crippen LogP contribution in [0.4, 0.5) is 10.5 Å². The van der Waals surface area contributed by atoms with Crippen LogP contribution < -0.4 is 10.4 Å². The molecule has 0 bridgehead atoms. The molecule has 0 aromatic heterocycles. The van der Waals surface area contributed by atoms with Gasteiger partial charge < -0.3 is 9.64 Å². The Morgan fingerprint density at radius 1 is 1.14 bits per heavy atom. The van der Waals surface area contributed by atoms with Crippen LogP contribution >= 0.6 is 23.0 Å². The summed E-state index contributed by atoms with van der Waals surface area (Å²) in [6.07, 6.45) is 0. The zero-order valence-electron chi connectivity index (χ0n) is 16.5. The van der Waals surface area contributed by atoms with Gasteiger partial charge in [0.2, 0.25) is 0 Å². The van der Waals surface area contributed by atoms with E-state index in [2.05, 4.69) is 14.7 Å². The standard InChI is InChI=1S/C21H24IN3O4/c1-15-3-8-19(16(2)13-15)25(21(27)24-9-11-28-12-10-24)14-17-4-6-18(7-5-17)20(26)23-29-22/h3-8,13H,9-12,14H2,1-2H3,(H,23,26). The Bertz CT molecular complexity index is 867. The molecule has 8 heteroatoms. The minimum absolute atomic E-state index is 0.0413. The average molecular weight is 509 g/mol. The summed E-state index contributed by atoms with van der Waals surface area (Å²) in [5.41, 5.74) is 6.78. The Kier molecular flexibility index (Phi) is 7.45. The number of amides is 3. The van der Waals surface area contributed by atoms with E-state index in [9.17, 15) is 9.59 Å². The molecule has 0 unspecified atom stereocenters. The summed E-state index contributed by atoms with van der Waals surface area (Å²) in [7, 11) is 0. The molecule has 0 aliphatic carbocycles. The van der Waals surface area contributed by atoms with E-state index in [1.807, 2.05) is 43.0 Å². The Balaban J connectivity index is 1.86. The van der Waals surface area contributed by atoms with E-state index in [1.54, 1.807) is 40.0 Å². The van der Waals surface area contributed by atoms with Gasteiger partial charge in [0, 0.05) is 24.3 Å². The number of hydrogen-bond donors (Lipinski definition) is 1. The lowest BCUT2D eigenvalue weighted by Gasteiger charge is -2.34. The van der Waals surface area contributed by atoms with Gasteiger partial charge in [0.25, 0.3) is 5.91 Å². The number of carbonyl (C=O) groups is 2. The molecule has 2 aromatic carbocycles. The maximum Gasteiger partial charge on any atom is 0.324 e. The molecule has 0 spiro atoms. The summed E-state index contributed by atoms with van der Waals surface area (Å²) in [5, 5.41) is 0. The van der Waals surface area contributed by atoms with Crippen molar-refractivity contribution >= 4 is 40.6 Å². The number of hydroxylamine groups is 1. The molecular weight excluding hydrogens is 485 g/mol. The number of halogens is 1. The number of aryl methyl sites for hydroxylation is 2. The lowest BCUT2D eigenvalue weighted by Crippen LogP contribution is -2.48. The summed E-state index contributed by atoms with van der Waals surface area (Å²) in [5.74, 6) is -0.318. The molecule has 1 N–H and O–H groups in total. The molecule has 7 nitrogen and oxygen atoms in total. The zero-order valence-corrected chi connectivity index (χ0v) is 18.6. The van der Waals surface area contributed by atoms with Gasteiger partial charge in [0.1, 0.15) is 23.0 Å². The monoisotopic (exact) mass is 509 g/mol. The molecule has 2 aromatic rings. The van der Waals surface area contributed by atoms with E-state index in [0.717, 1.165) is 22.4 Å². The van der Waals surface area contributed by atoms with E-state index in [0.29, 0.717) is 38.4 Å².